The summed E-state index contributed by atoms with van der Waals surface area (Å²) in [6.07, 6.45) is 7.67. The minimum absolute atomic E-state index is 0.0284. The van der Waals surface area contributed by atoms with Gasteiger partial charge in [-0.2, -0.15) is 0 Å². The first-order valence-corrected chi connectivity index (χ1v) is 20.3. The Morgan fingerprint density at radius 1 is 1.00 bits per heavy atom. The number of aromatic nitrogens is 1. The van der Waals surface area contributed by atoms with E-state index < -0.39 is 45.9 Å². The van der Waals surface area contributed by atoms with E-state index in [1.165, 1.54) is 26.7 Å². The van der Waals surface area contributed by atoms with E-state index in [2.05, 4.69) is 58.1 Å². The summed E-state index contributed by atoms with van der Waals surface area (Å²) in [5.41, 5.74) is 1.05. The molecule has 0 amide bonds. The molecule has 12 heteroatoms. The minimum atomic E-state index is -2.27. The van der Waals surface area contributed by atoms with Crippen LogP contribution in [0.3, 0.4) is 0 Å². The Morgan fingerprint density at radius 2 is 1.77 bits per heavy atom. The van der Waals surface area contributed by atoms with Gasteiger partial charge in [0.25, 0.3) is 0 Å². The van der Waals surface area contributed by atoms with Crippen LogP contribution in [0.15, 0.2) is 60.2 Å². The number of hydrogen-bond donors (Lipinski definition) is 2. The van der Waals surface area contributed by atoms with Gasteiger partial charge in [-0.15, -0.1) is 0 Å². The van der Waals surface area contributed by atoms with Gasteiger partial charge in [-0.3, -0.25) is 19.4 Å². The molecule has 1 unspecified atom stereocenters. The monoisotopic (exact) mass is 778 g/mol. The van der Waals surface area contributed by atoms with E-state index in [-0.39, 0.29) is 17.9 Å². The van der Waals surface area contributed by atoms with Crippen molar-refractivity contribution in [2.75, 3.05) is 59.5 Å². The van der Waals surface area contributed by atoms with E-state index in [0.717, 1.165) is 52.9 Å². The number of hydrogen-bond acceptors (Lipinski definition) is 11. The molecule has 1 saturated carbocycles. The van der Waals surface area contributed by atoms with Gasteiger partial charge in [-0.05, 0) is 61.4 Å². The molecular formula is C45H54N4O8. The van der Waals surface area contributed by atoms with Crippen LogP contribution >= 0.6 is 0 Å². The third kappa shape index (κ3) is 4.80. The van der Waals surface area contributed by atoms with Gasteiger partial charge in [-0.1, -0.05) is 55.8 Å². The zero-order valence-electron chi connectivity index (χ0n) is 34.0. The molecule has 302 valence electrons. The number of anilines is 1. The number of aromatic amines is 1. The molecule has 1 aromatic heterocycles. The fourth-order valence-electron chi connectivity index (χ4n) is 12.8. The highest BCUT2D eigenvalue weighted by Crippen LogP contribution is 2.68. The van der Waals surface area contributed by atoms with Crippen molar-refractivity contribution in [1.82, 2.24) is 14.8 Å². The zero-order chi connectivity index (χ0) is 40.2. The van der Waals surface area contributed by atoms with Crippen molar-refractivity contribution in [3.8, 4) is 5.75 Å². The molecule has 2 bridgehead atoms. The maximum Gasteiger partial charge on any atom is 0.344 e. The van der Waals surface area contributed by atoms with Crippen LogP contribution in [0.25, 0.3) is 10.9 Å². The minimum Gasteiger partial charge on any atom is -0.496 e. The van der Waals surface area contributed by atoms with Gasteiger partial charge in [0.1, 0.15) is 11.2 Å². The Hall–Kier alpha value is -4.65. The van der Waals surface area contributed by atoms with E-state index in [1.807, 2.05) is 37.1 Å². The van der Waals surface area contributed by atoms with Gasteiger partial charge >= 0.3 is 17.9 Å². The number of rotatable bonds is 7. The van der Waals surface area contributed by atoms with Crippen molar-refractivity contribution < 1.29 is 38.4 Å². The summed E-state index contributed by atoms with van der Waals surface area (Å²) in [7, 11) is 6.22. The number of carbonyl (C=O) groups is 3. The summed E-state index contributed by atoms with van der Waals surface area (Å²) in [6.45, 7) is 9.19. The van der Waals surface area contributed by atoms with Crippen LogP contribution in [0.5, 0.6) is 5.75 Å². The number of carbonyl (C=O) groups excluding carboxylic acids is 3. The smallest absolute Gasteiger partial charge is 0.344 e. The molecule has 2 N–H and O–H groups in total. The van der Waals surface area contributed by atoms with Gasteiger partial charge in [0.05, 0.1) is 27.4 Å². The summed E-state index contributed by atoms with van der Waals surface area (Å²) in [5, 5.41) is 14.4. The van der Waals surface area contributed by atoms with Crippen molar-refractivity contribution in [1.29, 1.82) is 0 Å². The summed E-state index contributed by atoms with van der Waals surface area (Å²) >= 11 is 0. The first kappa shape index (κ1) is 37.9. The quantitative estimate of drug-likeness (QED) is 0.196. The Balaban J connectivity index is 1.37. The van der Waals surface area contributed by atoms with Crippen LogP contribution in [0.4, 0.5) is 5.69 Å². The van der Waals surface area contributed by atoms with Crippen molar-refractivity contribution in [2.24, 2.45) is 11.3 Å². The Morgan fingerprint density at radius 3 is 2.47 bits per heavy atom. The molecular weight excluding hydrogens is 725 g/mol. The van der Waals surface area contributed by atoms with Gasteiger partial charge in [0.15, 0.2) is 6.10 Å². The fourth-order valence-corrected chi connectivity index (χ4v) is 12.8. The first-order chi connectivity index (χ1) is 27.4. The number of para-hydroxylation sites is 1. The maximum absolute atomic E-state index is 15.2. The molecule has 9 rings (SSSR count). The third-order valence-corrected chi connectivity index (χ3v) is 14.8. The van der Waals surface area contributed by atoms with Crippen LogP contribution < -0.4 is 9.64 Å². The zero-order valence-corrected chi connectivity index (χ0v) is 34.0. The van der Waals surface area contributed by atoms with Gasteiger partial charge in [0.2, 0.25) is 5.60 Å². The molecule has 9 atom stereocenters. The molecule has 1 aliphatic carbocycles. The molecule has 1 spiro atoms. The number of esters is 3. The molecule has 5 aliphatic heterocycles. The average molecular weight is 779 g/mol. The van der Waals surface area contributed by atoms with Crippen LogP contribution in [0, 0.1) is 11.3 Å². The number of ether oxygens (including phenoxy) is 4. The average Bonchev–Trinajstić information content (AvgIpc) is 3.87. The Labute approximate surface area is 333 Å². The van der Waals surface area contributed by atoms with Crippen LogP contribution in [-0.4, -0.2) is 116 Å². The van der Waals surface area contributed by atoms with E-state index >= 15 is 4.79 Å². The standard InChI is InChI=1S/C45H54N4O8/c1-8-27-19-28-22-44(40(51)55-6,36-30(25-48(23-27)24-28)29-13-10-11-14-33(29)46-36)32-20-31-34(21-35(32)54-5)47(4)38-43(31)16-18-49-17-12-15-42(9-2,37(43)49)39(57-26(3)50)45(38,53)41(52)56-7/h10-15,19-21,28,37-39,46,53H,8-9,16-18,22-25H2,1-7H3/t28-,37-,38+,39-,42-,43-,44-,45-/m1/s1. The summed E-state index contributed by atoms with van der Waals surface area (Å²) < 4.78 is 23.9. The normalized spacial score (nSPS) is 34.9. The molecule has 0 radical (unpaired) electrons. The molecule has 2 fully saturated rings. The number of aliphatic hydroxyl groups is 1. The number of nitrogens with one attached hydrogen (secondary N) is 1. The number of fused-ring (bicyclic) bond motifs is 6. The molecule has 12 nitrogen and oxygen atoms in total. The van der Waals surface area contributed by atoms with E-state index in [4.69, 9.17) is 18.9 Å². The predicted octanol–water partition coefficient (Wildman–Crippen LogP) is 4.75. The number of H-pyrrole nitrogens is 1. The number of benzene rings is 2. The number of likely N-dealkylation sites (N-methyl/N-ethyl adjacent to an activating group) is 1. The molecule has 6 heterocycles. The molecule has 3 aromatic rings. The molecule has 57 heavy (non-hydrogen) atoms. The van der Waals surface area contributed by atoms with E-state index in [1.54, 1.807) is 7.11 Å². The van der Waals surface area contributed by atoms with Crippen molar-refractivity contribution in [3.63, 3.8) is 0 Å². The number of nitrogens with zero attached hydrogens (tertiary/aromatic N) is 3. The SMILES string of the molecule is CCC1=C[C@H]2CN(C1)Cc1c([nH]c3ccccc13)[C@](C(=O)OC)(c1cc3c(cc1OC)N(C)[C@@H]1[C@](O)(C(=O)OC)[C@H](OC(C)=O)[C@]4(CC)C=CCN5CC[C@]31[C@H]54)C2. The number of methoxy groups -OCH3 is 3. The Kier molecular flexibility index (Phi) is 8.77. The lowest BCUT2D eigenvalue weighted by Gasteiger charge is -2.63. The second kappa shape index (κ2) is 13.2. The van der Waals surface area contributed by atoms with Crippen LogP contribution in [0.2, 0.25) is 0 Å². The van der Waals surface area contributed by atoms with Crippen molar-refractivity contribution >= 4 is 34.5 Å². The van der Waals surface area contributed by atoms with Gasteiger partial charge < -0.3 is 33.9 Å². The second-order valence-corrected chi connectivity index (χ2v) is 17.2. The highest BCUT2D eigenvalue weighted by atomic mass is 16.6. The first-order valence-electron chi connectivity index (χ1n) is 20.3. The lowest BCUT2D eigenvalue weighted by atomic mass is 9.47. The summed E-state index contributed by atoms with van der Waals surface area (Å²) in [4.78, 5) is 53.1. The van der Waals surface area contributed by atoms with Crippen molar-refractivity contribution in [2.45, 2.75) is 87.6 Å². The van der Waals surface area contributed by atoms with Gasteiger partial charge in [-0.25, -0.2) is 4.79 Å². The van der Waals surface area contributed by atoms with E-state index in [0.29, 0.717) is 50.2 Å². The maximum atomic E-state index is 15.2. The lowest BCUT2D eigenvalue weighted by Crippen LogP contribution is -2.81. The van der Waals surface area contributed by atoms with E-state index in [9.17, 15) is 14.7 Å². The predicted molar refractivity (Wildman–Crippen MR) is 214 cm³/mol. The topological polar surface area (TPSA) is 134 Å². The summed E-state index contributed by atoms with van der Waals surface area (Å²) in [6, 6.07) is 11.2. The van der Waals surface area contributed by atoms with Gasteiger partial charge in [0, 0.05) is 90.9 Å². The fraction of sp³-hybridized carbons (Fsp3) is 0.533. The van der Waals surface area contributed by atoms with Crippen LogP contribution in [0.1, 0.15) is 68.8 Å². The highest BCUT2D eigenvalue weighted by Gasteiger charge is 2.80. The highest BCUT2D eigenvalue weighted by molar-refractivity contribution is 5.95. The third-order valence-electron chi connectivity index (χ3n) is 14.8. The van der Waals surface area contributed by atoms with Crippen LogP contribution in [-0.2, 0) is 46.0 Å². The molecule has 6 aliphatic rings. The Bertz CT molecular complexity index is 2250. The second-order valence-electron chi connectivity index (χ2n) is 17.2. The largest absolute Gasteiger partial charge is 0.496 e. The molecule has 1 saturated heterocycles. The summed E-state index contributed by atoms with van der Waals surface area (Å²) in [5.74, 6) is -1.31. The van der Waals surface area contributed by atoms with Crippen molar-refractivity contribution in [3.05, 3.63) is 82.6 Å². The lowest BCUT2D eigenvalue weighted by molar-refractivity contribution is -0.228. The molecule has 2 aromatic carbocycles.